The lowest BCUT2D eigenvalue weighted by Crippen LogP contribution is -2.42. The second-order valence-corrected chi connectivity index (χ2v) is 5.70. The molecule has 1 N–H and O–H groups in total. The van der Waals surface area contributed by atoms with Gasteiger partial charge >= 0.3 is 0 Å². The molecule has 0 aliphatic heterocycles. The zero-order chi connectivity index (χ0) is 11.0. The van der Waals surface area contributed by atoms with Crippen molar-refractivity contribution in [2.24, 2.45) is 10.8 Å². The third kappa shape index (κ3) is 2.94. The van der Waals surface area contributed by atoms with Crippen molar-refractivity contribution in [1.29, 1.82) is 0 Å². The number of aliphatic hydroxyl groups excluding tert-OH is 1. The Kier molecular flexibility index (Phi) is 2.86. The Morgan fingerprint density at radius 2 is 2.00 bits per heavy atom. The monoisotopic (exact) mass is 201 g/mol. The molecular formula is C10H19NO3. The third-order valence-electron chi connectivity index (χ3n) is 2.93. The number of hydrogen-bond acceptors (Lipinski definition) is 3. The molecule has 0 bridgehead atoms. The molecule has 0 spiro atoms. The van der Waals surface area contributed by atoms with Crippen molar-refractivity contribution in [3.63, 3.8) is 0 Å². The maximum atomic E-state index is 10.5. The van der Waals surface area contributed by atoms with Gasteiger partial charge < -0.3 is 5.11 Å². The average Bonchev–Trinajstić information content (AvgIpc) is 1.74. The van der Waals surface area contributed by atoms with Crippen LogP contribution in [0, 0.1) is 20.9 Å². The number of rotatable bonds is 2. The van der Waals surface area contributed by atoms with Gasteiger partial charge in [-0.05, 0) is 24.7 Å². The first kappa shape index (κ1) is 11.4. The van der Waals surface area contributed by atoms with Crippen LogP contribution in [0.5, 0.6) is 0 Å². The molecule has 0 radical (unpaired) electrons. The van der Waals surface area contributed by atoms with Gasteiger partial charge in [0.05, 0.1) is 6.10 Å². The summed E-state index contributed by atoms with van der Waals surface area (Å²) >= 11 is 0. The van der Waals surface area contributed by atoms with Crippen molar-refractivity contribution in [3.8, 4) is 0 Å². The zero-order valence-electron chi connectivity index (χ0n) is 9.12. The summed E-state index contributed by atoms with van der Waals surface area (Å²) in [7, 11) is 0. The molecule has 1 aliphatic rings. The van der Waals surface area contributed by atoms with E-state index < -0.39 is 0 Å². The smallest absolute Gasteiger partial charge is 0.209 e. The van der Waals surface area contributed by atoms with E-state index in [9.17, 15) is 15.2 Å². The second kappa shape index (κ2) is 3.50. The summed E-state index contributed by atoms with van der Waals surface area (Å²) in [6.07, 6.45) is 1.74. The molecule has 1 saturated carbocycles. The van der Waals surface area contributed by atoms with Gasteiger partial charge in [-0.2, -0.15) is 0 Å². The highest BCUT2D eigenvalue weighted by Crippen LogP contribution is 2.45. The average molecular weight is 201 g/mol. The fourth-order valence-electron chi connectivity index (χ4n) is 3.01. The maximum absolute atomic E-state index is 10.5. The van der Waals surface area contributed by atoms with Crippen LogP contribution in [0.4, 0.5) is 0 Å². The van der Waals surface area contributed by atoms with Gasteiger partial charge in [0.2, 0.25) is 6.54 Å². The van der Waals surface area contributed by atoms with E-state index in [1.165, 1.54) is 0 Å². The van der Waals surface area contributed by atoms with E-state index in [0.717, 1.165) is 12.8 Å². The highest BCUT2D eigenvalue weighted by Gasteiger charge is 2.43. The minimum Gasteiger partial charge on any atom is -0.393 e. The first-order chi connectivity index (χ1) is 6.22. The van der Waals surface area contributed by atoms with Crippen molar-refractivity contribution in [2.45, 2.75) is 46.1 Å². The fourth-order valence-corrected chi connectivity index (χ4v) is 3.01. The SMILES string of the molecule is CC1(C)CC(O)CC(C)(C[N+](=O)[O-])C1. The van der Waals surface area contributed by atoms with E-state index in [1.807, 2.05) is 6.92 Å². The normalized spacial score (nSPS) is 36.7. The molecule has 1 fully saturated rings. The van der Waals surface area contributed by atoms with Crippen LogP contribution in [0.3, 0.4) is 0 Å². The highest BCUT2D eigenvalue weighted by atomic mass is 16.6. The Morgan fingerprint density at radius 1 is 1.43 bits per heavy atom. The van der Waals surface area contributed by atoms with Crippen molar-refractivity contribution < 1.29 is 10.0 Å². The van der Waals surface area contributed by atoms with E-state index in [-0.39, 0.29) is 28.4 Å². The topological polar surface area (TPSA) is 63.4 Å². The number of aliphatic hydroxyl groups is 1. The summed E-state index contributed by atoms with van der Waals surface area (Å²) in [5, 5.41) is 20.2. The molecule has 2 atom stereocenters. The summed E-state index contributed by atoms with van der Waals surface area (Å²) in [4.78, 5) is 10.2. The van der Waals surface area contributed by atoms with Gasteiger partial charge in [-0.1, -0.05) is 20.8 Å². The van der Waals surface area contributed by atoms with Crippen LogP contribution in [-0.2, 0) is 0 Å². The molecule has 4 heteroatoms. The first-order valence-electron chi connectivity index (χ1n) is 5.02. The molecule has 0 aromatic carbocycles. The van der Waals surface area contributed by atoms with Crippen LogP contribution in [0.2, 0.25) is 0 Å². The molecule has 1 rings (SSSR count). The quantitative estimate of drug-likeness (QED) is 0.547. The maximum Gasteiger partial charge on any atom is 0.209 e. The number of nitrogens with zero attached hydrogens (tertiary/aromatic N) is 1. The lowest BCUT2D eigenvalue weighted by Gasteiger charge is -2.42. The summed E-state index contributed by atoms with van der Waals surface area (Å²) in [6, 6.07) is 0. The summed E-state index contributed by atoms with van der Waals surface area (Å²) in [5.74, 6) is 0. The summed E-state index contributed by atoms with van der Waals surface area (Å²) in [5.41, 5.74) is -0.326. The Labute approximate surface area is 84.5 Å². The predicted octanol–water partition coefficient (Wildman–Crippen LogP) is 1.84. The molecule has 14 heavy (non-hydrogen) atoms. The number of hydrogen-bond donors (Lipinski definition) is 1. The predicted molar refractivity (Wildman–Crippen MR) is 53.6 cm³/mol. The minimum absolute atomic E-state index is 0.0163. The Bertz CT molecular complexity index is 240. The van der Waals surface area contributed by atoms with E-state index in [0.29, 0.717) is 6.42 Å². The van der Waals surface area contributed by atoms with Crippen molar-refractivity contribution >= 4 is 0 Å². The van der Waals surface area contributed by atoms with E-state index in [2.05, 4.69) is 13.8 Å². The van der Waals surface area contributed by atoms with Crippen LogP contribution in [-0.4, -0.2) is 22.7 Å². The Balaban J connectivity index is 2.73. The van der Waals surface area contributed by atoms with Crippen LogP contribution in [0.1, 0.15) is 40.0 Å². The van der Waals surface area contributed by atoms with Gasteiger partial charge in [-0.3, -0.25) is 10.1 Å². The fraction of sp³-hybridized carbons (Fsp3) is 1.00. The lowest BCUT2D eigenvalue weighted by molar-refractivity contribution is -0.499. The van der Waals surface area contributed by atoms with Gasteiger partial charge in [0.15, 0.2) is 0 Å². The first-order valence-corrected chi connectivity index (χ1v) is 5.02. The largest absolute Gasteiger partial charge is 0.393 e. The highest BCUT2D eigenvalue weighted by molar-refractivity contribution is 4.91. The van der Waals surface area contributed by atoms with Crippen LogP contribution in [0.25, 0.3) is 0 Å². The lowest BCUT2D eigenvalue weighted by atomic mass is 9.63. The Hall–Kier alpha value is -0.640. The van der Waals surface area contributed by atoms with Crippen molar-refractivity contribution in [1.82, 2.24) is 0 Å². The van der Waals surface area contributed by atoms with Gasteiger partial charge in [0, 0.05) is 10.3 Å². The van der Waals surface area contributed by atoms with Gasteiger partial charge in [0.1, 0.15) is 0 Å². The molecule has 0 saturated heterocycles. The second-order valence-electron chi connectivity index (χ2n) is 5.70. The summed E-state index contributed by atoms with van der Waals surface area (Å²) < 4.78 is 0. The third-order valence-corrected chi connectivity index (χ3v) is 2.93. The molecule has 0 amide bonds. The van der Waals surface area contributed by atoms with Crippen LogP contribution >= 0.6 is 0 Å². The standard InChI is InChI=1S/C10H19NO3/c1-9(2)4-8(12)5-10(3,6-9)7-11(13)14/h8,12H,4-7H2,1-3H3. The van der Waals surface area contributed by atoms with Crippen LogP contribution in [0.15, 0.2) is 0 Å². The van der Waals surface area contributed by atoms with Gasteiger partial charge in [-0.15, -0.1) is 0 Å². The van der Waals surface area contributed by atoms with Gasteiger partial charge in [0.25, 0.3) is 0 Å². The van der Waals surface area contributed by atoms with Crippen molar-refractivity contribution in [2.75, 3.05) is 6.54 Å². The molecule has 0 aromatic heterocycles. The Morgan fingerprint density at radius 3 is 2.43 bits per heavy atom. The molecule has 0 heterocycles. The molecule has 1 aliphatic carbocycles. The summed E-state index contributed by atoms with van der Waals surface area (Å²) in [6.45, 7) is 5.99. The molecule has 82 valence electrons. The minimum atomic E-state index is -0.385. The van der Waals surface area contributed by atoms with E-state index >= 15 is 0 Å². The van der Waals surface area contributed by atoms with E-state index in [1.54, 1.807) is 0 Å². The van der Waals surface area contributed by atoms with Crippen LogP contribution < -0.4 is 0 Å². The zero-order valence-corrected chi connectivity index (χ0v) is 9.12. The van der Waals surface area contributed by atoms with Gasteiger partial charge in [-0.25, -0.2) is 0 Å². The molecular weight excluding hydrogens is 182 g/mol. The van der Waals surface area contributed by atoms with E-state index in [4.69, 9.17) is 0 Å². The molecule has 2 unspecified atom stereocenters. The van der Waals surface area contributed by atoms with Crippen molar-refractivity contribution in [3.05, 3.63) is 10.1 Å². The molecule has 0 aromatic rings. The number of nitro groups is 1. The molecule has 4 nitrogen and oxygen atoms in total.